The molecule has 1 aliphatic heterocycles. The molecule has 1 N–H and O–H groups in total. The minimum atomic E-state index is -0.251. The van der Waals surface area contributed by atoms with E-state index < -0.39 is 0 Å². The molecule has 0 radical (unpaired) electrons. The SMILES string of the molecule is CCCC1(C(=O)N2CC[C@H](NC(=O)c3ncoc3-c3ccccc3)C2)CCC1. The third kappa shape index (κ3) is 3.43. The van der Waals surface area contributed by atoms with Crippen LogP contribution in [0.3, 0.4) is 0 Å². The average molecular weight is 381 g/mol. The van der Waals surface area contributed by atoms with Crippen molar-refractivity contribution in [3.63, 3.8) is 0 Å². The van der Waals surface area contributed by atoms with Crippen molar-refractivity contribution >= 4 is 11.8 Å². The van der Waals surface area contributed by atoms with Gasteiger partial charge in [0.25, 0.3) is 5.91 Å². The van der Waals surface area contributed by atoms with Crippen molar-refractivity contribution in [1.82, 2.24) is 15.2 Å². The molecular formula is C22H27N3O3. The van der Waals surface area contributed by atoms with Crippen LogP contribution in [0.1, 0.15) is 55.9 Å². The van der Waals surface area contributed by atoms with E-state index >= 15 is 0 Å². The fraction of sp³-hybridized carbons (Fsp3) is 0.500. The molecule has 2 amide bonds. The molecule has 0 bridgehead atoms. The first-order valence-electron chi connectivity index (χ1n) is 10.2. The normalized spacial score (nSPS) is 20.6. The highest BCUT2D eigenvalue weighted by Gasteiger charge is 2.46. The molecule has 2 aromatic rings. The summed E-state index contributed by atoms with van der Waals surface area (Å²) in [6.45, 7) is 3.43. The van der Waals surface area contributed by atoms with Crippen LogP contribution >= 0.6 is 0 Å². The maximum Gasteiger partial charge on any atom is 0.274 e. The number of nitrogens with one attached hydrogen (secondary N) is 1. The standard InChI is InChI=1S/C22H27N3O3/c1-2-10-22(11-6-12-22)21(27)25-13-9-17(14-25)24-20(26)18-19(28-15-23-18)16-7-4-3-5-8-16/h3-5,7-8,15,17H,2,6,9-14H2,1H3,(H,24,26)/t17-/m0/s1. The lowest BCUT2D eigenvalue weighted by molar-refractivity contribution is -0.147. The van der Waals surface area contributed by atoms with Gasteiger partial charge in [0.05, 0.1) is 0 Å². The molecule has 0 unspecified atom stereocenters. The van der Waals surface area contributed by atoms with E-state index in [1.54, 1.807) is 0 Å². The molecule has 1 aromatic heterocycles. The van der Waals surface area contributed by atoms with Crippen molar-refractivity contribution < 1.29 is 14.0 Å². The number of aromatic nitrogens is 1. The molecule has 1 saturated heterocycles. The zero-order valence-electron chi connectivity index (χ0n) is 16.3. The second kappa shape index (κ2) is 7.78. The van der Waals surface area contributed by atoms with Gasteiger partial charge in [-0.1, -0.05) is 50.1 Å². The molecule has 2 aliphatic rings. The predicted molar refractivity (Wildman–Crippen MR) is 106 cm³/mol. The number of rotatable bonds is 6. The van der Waals surface area contributed by atoms with Crippen LogP contribution in [-0.4, -0.2) is 40.8 Å². The first-order chi connectivity index (χ1) is 13.6. The molecule has 2 heterocycles. The van der Waals surface area contributed by atoms with Crippen molar-refractivity contribution in [2.24, 2.45) is 5.41 Å². The number of amides is 2. The number of benzene rings is 1. The molecule has 1 aliphatic carbocycles. The maximum absolute atomic E-state index is 13.0. The predicted octanol–water partition coefficient (Wildman–Crippen LogP) is 3.64. The molecule has 28 heavy (non-hydrogen) atoms. The van der Waals surface area contributed by atoms with Crippen molar-refractivity contribution in [3.8, 4) is 11.3 Å². The number of likely N-dealkylation sites (tertiary alicyclic amines) is 1. The van der Waals surface area contributed by atoms with Gasteiger partial charge in [0.1, 0.15) is 0 Å². The molecule has 1 saturated carbocycles. The summed E-state index contributed by atoms with van der Waals surface area (Å²) < 4.78 is 5.45. The first-order valence-corrected chi connectivity index (χ1v) is 10.2. The third-order valence-electron chi connectivity index (χ3n) is 6.12. The highest BCUT2D eigenvalue weighted by molar-refractivity contribution is 5.97. The summed E-state index contributed by atoms with van der Waals surface area (Å²) in [4.78, 5) is 31.8. The van der Waals surface area contributed by atoms with Gasteiger partial charge >= 0.3 is 0 Å². The average Bonchev–Trinajstić information content (AvgIpc) is 3.34. The van der Waals surface area contributed by atoms with Crippen LogP contribution in [-0.2, 0) is 4.79 Å². The Hall–Kier alpha value is -2.63. The second-order valence-corrected chi connectivity index (χ2v) is 7.99. The van der Waals surface area contributed by atoms with Gasteiger partial charge in [0.2, 0.25) is 5.91 Å². The first kappa shape index (κ1) is 18.7. The van der Waals surface area contributed by atoms with E-state index in [2.05, 4.69) is 17.2 Å². The maximum atomic E-state index is 13.0. The van der Waals surface area contributed by atoms with Gasteiger partial charge in [-0.15, -0.1) is 0 Å². The van der Waals surface area contributed by atoms with Gasteiger partial charge in [-0.3, -0.25) is 9.59 Å². The van der Waals surface area contributed by atoms with Crippen LogP contribution in [0.2, 0.25) is 0 Å². The Labute approximate surface area is 165 Å². The number of oxazole rings is 1. The van der Waals surface area contributed by atoms with E-state index in [4.69, 9.17) is 4.42 Å². The number of hydrogen-bond donors (Lipinski definition) is 1. The minimum absolute atomic E-state index is 0.0458. The Balaban J connectivity index is 1.39. The molecular weight excluding hydrogens is 354 g/mol. The second-order valence-electron chi connectivity index (χ2n) is 7.99. The lowest BCUT2D eigenvalue weighted by Gasteiger charge is -2.42. The van der Waals surface area contributed by atoms with Gasteiger partial charge in [0, 0.05) is 30.1 Å². The van der Waals surface area contributed by atoms with Crippen molar-refractivity contribution in [3.05, 3.63) is 42.4 Å². The molecule has 1 atom stereocenters. The Morgan fingerprint density at radius 3 is 2.75 bits per heavy atom. The fourth-order valence-electron chi connectivity index (χ4n) is 4.51. The van der Waals surface area contributed by atoms with E-state index in [1.165, 1.54) is 6.39 Å². The Morgan fingerprint density at radius 2 is 2.07 bits per heavy atom. The van der Waals surface area contributed by atoms with Crippen LogP contribution in [0, 0.1) is 5.41 Å². The Bertz CT molecular complexity index is 842. The van der Waals surface area contributed by atoms with Gasteiger partial charge < -0.3 is 14.6 Å². The summed E-state index contributed by atoms with van der Waals surface area (Å²) >= 11 is 0. The van der Waals surface area contributed by atoms with Crippen molar-refractivity contribution in [2.75, 3.05) is 13.1 Å². The van der Waals surface area contributed by atoms with Gasteiger partial charge in [0.15, 0.2) is 17.8 Å². The molecule has 1 aromatic carbocycles. The minimum Gasteiger partial charge on any atom is -0.443 e. The molecule has 6 heteroatoms. The number of carbonyl (C=O) groups is 2. The summed E-state index contributed by atoms with van der Waals surface area (Å²) in [5, 5.41) is 3.04. The van der Waals surface area contributed by atoms with Crippen LogP contribution < -0.4 is 5.32 Å². The van der Waals surface area contributed by atoms with E-state index in [0.717, 1.165) is 44.1 Å². The smallest absolute Gasteiger partial charge is 0.274 e. The van der Waals surface area contributed by atoms with Crippen LogP contribution in [0.4, 0.5) is 0 Å². The van der Waals surface area contributed by atoms with E-state index in [9.17, 15) is 9.59 Å². The molecule has 4 rings (SSSR count). The zero-order chi connectivity index (χ0) is 19.6. The highest BCUT2D eigenvalue weighted by Crippen LogP contribution is 2.46. The zero-order valence-corrected chi connectivity index (χ0v) is 16.3. The quantitative estimate of drug-likeness (QED) is 0.829. The van der Waals surface area contributed by atoms with Crippen LogP contribution in [0.25, 0.3) is 11.3 Å². The molecule has 0 spiro atoms. The van der Waals surface area contributed by atoms with E-state index in [0.29, 0.717) is 18.8 Å². The monoisotopic (exact) mass is 381 g/mol. The number of hydrogen-bond acceptors (Lipinski definition) is 4. The van der Waals surface area contributed by atoms with E-state index in [-0.39, 0.29) is 29.0 Å². The van der Waals surface area contributed by atoms with Gasteiger partial charge in [-0.25, -0.2) is 4.98 Å². The summed E-state index contributed by atoms with van der Waals surface area (Å²) in [7, 11) is 0. The fourth-order valence-corrected chi connectivity index (χ4v) is 4.51. The summed E-state index contributed by atoms with van der Waals surface area (Å²) in [5.74, 6) is 0.503. The summed E-state index contributed by atoms with van der Waals surface area (Å²) in [6.07, 6.45) is 7.24. The van der Waals surface area contributed by atoms with Crippen molar-refractivity contribution in [2.45, 2.75) is 51.5 Å². The molecule has 148 valence electrons. The summed E-state index contributed by atoms with van der Waals surface area (Å²) in [6, 6.07) is 9.43. The lowest BCUT2D eigenvalue weighted by atomic mass is 9.65. The van der Waals surface area contributed by atoms with Crippen LogP contribution in [0.15, 0.2) is 41.1 Å². The Morgan fingerprint density at radius 1 is 1.29 bits per heavy atom. The largest absolute Gasteiger partial charge is 0.443 e. The third-order valence-corrected chi connectivity index (χ3v) is 6.12. The number of carbonyl (C=O) groups excluding carboxylic acids is 2. The molecule has 2 fully saturated rings. The van der Waals surface area contributed by atoms with Gasteiger partial charge in [-0.05, 0) is 25.7 Å². The van der Waals surface area contributed by atoms with Gasteiger partial charge in [-0.2, -0.15) is 0 Å². The lowest BCUT2D eigenvalue weighted by Crippen LogP contribution is -2.48. The summed E-state index contributed by atoms with van der Waals surface area (Å²) in [5.41, 5.74) is 0.970. The number of nitrogens with zero attached hydrogens (tertiary/aromatic N) is 2. The van der Waals surface area contributed by atoms with E-state index in [1.807, 2.05) is 35.2 Å². The topological polar surface area (TPSA) is 75.4 Å². The molecule has 6 nitrogen and oxygen atoms in total. The Kier molecular flexibility index (Phi) is 5.20. The van der Waals surface area contributed by atoms with Crippen molar-refractivity contribution in [1.29, 1.82) is 0 Å². The highest BCUT2D eigenvalue weighted by atomic mass is 16.3. The van der Waals surface area contributed by atoms with Crippen LogP contribution in [0.5, 0.6) is 0 Å².